The number of hydrogen-bond donors (Lipinski definition) is 2. The van der Waals surface area contributed by atoms with Crippen LogP contribution in [0.5, 0.6) is 0 Å². The average molecular weight is 476 g/mol. The second-order valence-electron chi connectivity index (χ2n) is 8.35. The Bertz CT molecular complexity index is 1300. The number of benzene rings is 1. The van der Waals surface area contributed by atoms with Crippen molar-refractivity contribution in [3.63, 3.8) is 0 Å². The topological polar surface area (TPSA) is 75.6 Å². The van der Waals surface area contributed by atoms with Crippen molar-refractivity contribution in [2.45, 2.75) is 37.6 Å². The maximum Gasteiger partial charge on any atom is 0.423 e. The molecule has 2 N–H and O–H groups in total. The first-order valence-corrected chi connectivity index (χ1v) is 10.7. The van der Waals surface area contributed by atoms with Gasteiger partial charge in [-0.15, -0.1) is 5.10 Å². The maximum atomic E-state index is 15.3. The van der Waals surface area contributed by atoms with Crippen LogP contribution in [0.4, 0.5) is 17.6 Å². The van der Waals surface area contributed by atoms with Crippen LogP contribution in [0, 0.1) is 11.7 Å². The van der Waals surface area contributed by atoms with Crippen LogP contribution in [0.15, 0.2) is 67.1 Å². The summed E-state index contributed by atoms with van der Waals surface area (Å²) in [7, 11) is 0. The molecule has 0 saturated heterocycles. The number of alkyl halides is 3. The minimum Gasteiger partial charge on any atom is -0.396 e. The van der Waals surface area contributed by atoms with E-state index in [0.717, 1.165) is 16.4 Å². The summed E-state index contributed by atoms with van der Waals surface area (Å²) in [5.41, 5.74) is -4.19. The van der Waals surface area contributed by atoms with Gasteiger partial charge in [0.05, 0.1) is 6.20 Å². The van der Waals surface area contributed by atoms with Gasteiger partial charge in [0, 0.05) is 36.0 Å². The Kier molecular flexibility index (Phi) is 5.99. The van der Waals surface area contributed by atoms with Crippen LogP contribution in [-0.2, 0) is 11.1 Å². The van der Waals surface area contributed by atoms with Gasteiger partial charge >= 0.3 is 6.18 Å². The van der Waals surface area contributed by atoms with Crippen LogP contribution < -0.4 is 0 Å². The molecule has 4 rings (SSSR count). The monoisotopic (exact) mass is 476 g/mol. The van der Waals surface area contributed by atoms with Crippen molar-refractivity contribution < 1.29 is 27.8 Å². The summed E-state index contributed by atoms with van der Waals surface area (Å²) in [5.74, 6) is -1.38. The van der Waals surface area contributed by atoms with Crippen molar-refractivity contribution in [1.29, 1.82) is 0 Å². The molecule has 0 aliphatic carbocycles. The predicted molar refractivity (Wildman–Crippen MR) is 116 cm³/mol. The van der Waals surface area contributed by atoms with Gasteiger partial charge in [0.15, 0.2) is 0 Å². The molecule has 4 aromatic rings. The smallest absolute Gasteiger partial charge is 0.396 e. The number of aliphatic hydroxyl groups is 2. The third-order valence-electron chi connectivity index (χ3n) is 6.50. The van der Waals surface area contributed by atoms with E-state index >= 15 is 4.39 Å². The predicted octanol–water partition coefficient (Wildman–Crippen LogP) is 4.25. The van der Waals surface area contributed by atoms with Crippen molar-refractivity contribution in [3.8, 4) is 0 Å². The Morgan fingerprint density at radius 1 is 1.06 bits per heavy atom. The summed E-state index contributed by atoms with van der Waals surface area (Å²) in [6.45, 7) is 2.40. The van der Waals surface area contributed by atoms with Gasteiger partial charge in [0.25, 0.3) is 0 Å². The first kappa shape index (κ1) is 23.9. The lowest BCUT2D eigenvalue weighted by atomic mass is 9.73. The standard InChI is InChI=1S/C24H24F4N4O2/c1-3-22(34,24(26,27)28)21-14-32(30-29-21)23(16(2)15-33,19-8-4-5-9-20(19)25)17-10-12-31-11-6-7-18(31)13-17/h4-14,16,33-34H,3,15H2,1-2H3. The molecular formula is C24H24F4N4O2. The number of rotatable bonds is 7. The quantitative estimate of drug-likeness (QED) is 0.391. The summed E-state index contributed by atoms with van der Waals surface area (Å²) < 4.78 is 59.5. The highest BCUT2D eigenvalue weighted by atomic mass is 19.4. The molecule has 0 aliphatic rings. The summed E-state index contributed by atoms with van der Waals surface area (Å²) in [5, 5.41) is 28.3. The van der Waals surface area contributed by atoms with Crippen LogP contribution in [0.25, 0.3) is 5.52 Å². The van der Waals surface area contributed by atoms with Crippen molar-refractivity contribution in [1.82, 2.24) is 19.4 Å². The van der Waals surface area contributed by atoms with Crippen LogP contribution in [0.1, 0.15) is 37.1 Å². The van der Waals surface area contributed by atoms with Crippen molar-refractivity contribution >= 4 is 5.52 Å². The summed E-state index contributed by atoms with van der Waals surface area (Å²) in [6, 6.07) is 12.9. The van der Waals surface area contributed by atoms with Gasteiger partial charge in [-0.25, -0.2) is 9.07 Å². The van der Waals surface area contributed by atoms with Gasteiger partial charge in [0.1, 0.15) is 17.1 Å². The number of aromatic nitrogens is 4. The molecule has 6 nitrogen and oxygen atoms in total. The zero-order valence-electron chi connectivity index (χ0n) is 18.5. The minimum atomic E-state index is -5.00. The van der Waals surface area contributed by atoms with E-state index in [0.29, 0.717) is 5.56 Å². The van der Waals surface area contributed by atoms with E-state index in [9.17, 15) is 23.4 Å². The van der Waals surface area contributed by atoms with E-state index < -0.39 is 47.8 Å². The van der Waals surface area contributed by atoms with Gasteiger partial charge < -0.3 is 14.6 Å². The molecule has 0 amide bonds. The van der Waals surface area contributed by atoms with Crippen LogP contribution >= 0.6 is 0 Å². The van der Waals surface area contributed by atoms with E-state index in [2.05, 4.69) is 10.3 Å². The number of nitrogens with zero attached hydrogens (tertiary/aromatic N) is 4. The number of hydrogen-bond acceptors (Lipinski definition) is 4. The van der Waals surface area contributed by atoms with Gasteiger partial charge in [-0.1, -0.05) is 37.3 Å². The highest BCUT2D eigenvalue weighted by Crippen LogP contribution is 2.44. The molecule has 1 aromatic carbocycles. The van der Waals surface area contributed by atoms with E-state index in [4.69, 9.17) is 0 Å². The maximum absolute atomic E-state index is 15.3. The van der Waals surface area contributed by atoms with E-state index in [1.807, 2.05) is 22.7 Å². The number of fused-ring (bicyclic) bond motifs is 1. The molecular weight excluding hydrogens is 452 g/mol. The fourth-order valence-corrected chi connectivity index (χ4v) is 4.51. The molecule has 34 heavy (non-hydrogen) atoms. The van der Waals surface area contributed by atoms with E-state index in [1.54, 1.807) is 31.3 Å². The number of halogens is 4. The molecule has 3 aromatic heterocycles. The Balaban J connectivity index is 2.06. The molecule has 0 fully saturated rings. The normalized spacial score (nSPS) is 16.8. The van der Waals surface area contributed by atoms with Crippen molar-refractivity contribution in [2.24, 2.45) is 5.92 Å². The fourth-order valence-electron chi connectivity index (χ4n) is 4.51. The molecule has 0 aliphatic heterocycles. The molecule has 0 saturated carbocycles. The molecule has 0 radical (unpaired) electrons. The number of aliphatic hydroxyl groups excluding tert-OH is 1. The molecule has 180 valence electrons. The Labute approximate surface area is 193 Å². The third kappa shape index (κ3) is 3.48. The van der Waals surface area contributed by atoms with Gasteiger partial charge in [-0.05, 0) is 42.3 Å². The molecule has 10 heteroatoms. The van der Waals surface area contributed by atoms with Crippen LogP contribution in [-0.4, -0.2) is 42.4 Å². The lowest BCUT2D eigenvalue weighted by Crippen LogP contribution is -2.45. The second kappa shape index (κ2) is 8.52. The van der Waals surface area contributed by atoms with E-state index in [-0.39, 0.29) is 5.56 Å². The first-order valence-electron chi connectivity index (χ1n) is 10.7. The molecule has 3 atom stereocenters. The van der Waals surface area contributed by atoms with Gasteiger partial charge in [-0.3, -0.25) is 0 Å². The van der Waals surface area contributed by atoms with Gasteiger partial charge in [0.2, 0.25) is 5.60 Å². The largest absolute Gasteiger partial charge is 0.423 e. The molecule has 3 unspecified atom stereocenters. The Morgan fingerprint density at radius 3 is 2.44 bits per heavy atom. The summed E-state index contributed by atoms with van der Waals surface area (Å²) in [6.07, 6.45) is -1.15. The fraction of sp³-hybridized carbons (Fsp3) is 0.333. The van der Waals surface area contributed by atoms with Crippen LogP contribution in [0.3, 0.4) is 0 Å². The zero-order valence-corrected chi connectivity index (χ0v) is 18.5. The van der Waals surface area contributed by atoms with E-state index in [1.165, 1.54) is 25.1 Å². The third-order valence-corrected chi connectivity index (χ3v) is 6.50. The lowest BCUT2D eigenvalue weighted by Gasteiger charge is -2.40. The van der Waals surface area contributed by atoms with Crippen molar-refractivity contribution in [3.05, 3.63) is 89.8 Å². The molecule has 3 heterocycles. The Hall–Kier alpha value is -3.24. The summed E-state index contributed by atoms with van der Waals surface area (Å²) >= 11 is 0. The average Bonchev–Trinajstić information content (AvgIpc) is 3.49. The second-order valence-corrected chi connectivity index (χ2v) is 8.35. The minimum absolute atomic E-state index is 0.0935. The Morgan fingerprint density at radius 2 is 1.79 bits per heavy atom. The molecule has 0 bridgehead atoms. The zero-order chi connectivity index (χ0) is 24.7. The number of pyridine rings is 1. The van der Waals surface area contributed by atoms with Gasteiger partial charge in [-0.2, -0.15) is 13.2 Å². The highest BCUT2D eigenvalue weighted by Gasteiger charge is 2.56. The summed E-state index contributed by atoms with van der Waals surface area (Å²) in [4.78, 5) is 0. The van der Waals surface area contributed by atoms with Crippen molar-refractivity contribution in [2.75, 3.05) is 6.61 Å². The lowest BCUT2D eigenvalue weighted by molar-refractivity contribution is -0.269. The highest BCUT2D eigenvalue weighted by molar-refractivity contribution is 5.54. The first-order chi connectivity index (χ1) is 16.1. The SMILES string of the molecule is CCC(O)(c1cn(C(c2ccn3cccc3c2)(c2ccccc2F)C(C)CO)nn1)C(F)(F)F. The van der Waals surface area contributed by atoms with Crippen LogP contribution in [0.2, 0.25) is 0 Å². The molecule has 0 spiro atoms.